The van der Waals surface area contributed by atoms with Crippen LogP contribution < -0.4 is 0 Å². The van der Waals surface area contributed by atoms with Crippen molar-refractivity contribution >= 4 is 23.4 Å². The smallest absolute Gasteiger partial charge is 0.313 e. The van der Waals surface area contributed by atoms with E-state index < -0.39 is 10.8 Å². The fourth-order valence-electron chi connectivity index (χ4n) is 0.747. The molecule has 1 atom stereocenters. The van der Waals surface area contributed by atoms with Gasteiger partial charge in [0.05, 0.1) is 6.61 Å². The van der Waals surface area contributed by atoms with Crippen LogP contribution >= 0.6 is 11.6 Å². The number of esters is 1. The minimum atomic E-state index is -1.17. The van der Waals surface area contributed by atoms with Crippen molar-refractivity contribution in [3.63, 3.8) is 0 Å². The molecule has 0 radical (unpaired) electrons. The van der Waals surface area contributed by atoms with Gasteiger partial charge in [-0.15, -0.1) is 11.6 Å². The highest BCUT2D eigenvalue weighted by Crippen LogP contribution is 2.25. The van der Waals surface area contributed by atoms with Gasteiger partial charge in [-0.3, -0.25) is 9.59 Å². The minimum Gasteiger partial charge on any atom is -0.466 e. The predicted octanol–water partition coefficient (Wildman–Crippen LogP) is 2.08. The summed E-state index contributed by atoms with van der Waals surface area (Å²) in [5.74, 6) is -0.934. The van der Waals surface area contributed by atoms with E-state index in [-0.39, 0.29) is 18.8 Å². The first-order valence-corrected chi connectivity index (χ1v) is 4.74. The minimum absolute atomic E-state index is 0.262. The van der Waals surface area contributed by atoms with Crippen molar-refractivity contribution in [1.82, 2.24) is 0 Å². The van der Waals surface area contributed by atoms with Gasteiger partial charge in [-0.1, -0.05) is 12.2 Å². The molecule has 0 N–H and O–H groups in total. The molecule has 0 aliphatic carbocycles. The van der Waals surface area contributed by atoms with Crippen LogP contribution in [0.2, 0.25) is 0 Å². The number of carbonyl (C=O) groups excluding carboxylic acids is 2. The molecular formula is C10H15ClO3. The van der Waals surface area contributed by atoms with Gasteiger partial charge in [-0.25, -0.2) is 0 Å². The fraction of sp³-hybridized carbons (Fsp3) is 0.600. The summed E-state index contributed by atoms with van der Waals surface area (Å²) < 4.78 is 4.64. The monoisotopic (exact) mass is 218 g/mol. The second-order valence-electron chi connectivity index (χ2n) is 3.19. The number of allylic oxidation sites excluding steroid dienone is 1. The van der Waals surface area contributed by atoms with Crippen LogP contribution in [0.3, 0.4) is 0 Å². The lowest BCUT2D eigenvalue weighted by Crippen LogP contribution is -2.32. The maximum atomic E-state index is 11.5. The molecule has 80 valence electrons. The molecule has 0 fully saturated rings. The van der Waals surface area contributed by atoms with Crippen LogP contribution in [0.25, 0.3) is 0 Å². The van der Waals surface area contributed by atoms with E-state index in [1.165, 1.54) is 6.92 Å². The van der Waals surface area contributed by atoms with Crippen LogP contribution in [0.5, 0.6) is 0 Å². The molecule has 0 spiro atoms. The van der Waals surface area contributed by atoms with Crippen LogP contribution in [0, 0.1) is 0 Å². The molecule has 0 aliphatic heterocycles. The normalized spacial score (nSPS) is 14.3. The molecule has 0 aliphatic rings. The van der Waals surface area contributed by atoms with E-state index in [1.807, 2.05) is 0 Å². The Morgan fingerprint density at radius 3 is 2.36 bits per heavy atom. The van der Waals surface area contributed by atoms with Gasteiger partial charge in [-0.2, -0.15) is 0 Å². The Balaban J connectivity index is 4.35. The maximum absolute atomic E-state index is 11.5. The Morgan fingerprint density at radius 1 is 1.50 bits per heavy atom. The molecule has 0 aromatic carbocycles. The summed E-state index contributed by atoms with van der Waals surface area (Å²) in [4.78, 5) is 21.3. The Bertz CT molecular complexity index is 256. The summed E-state index contributed by atoms with van der Waals surface area (Å²) in [6, 6.07) is 0. The largest absolute Gasteiger partial charge is 0.466 e. The maximum Gasteiger partial charge on any atom is 0.313 e. The van der Waals surface area contributed by atoms with E-state index in [0.717, 1.165) is 0 Å². The summed E-state index contributed by atoms with van der Waals surface area (Å²) >= 11 is 5.91. The molecule has 14 heavy (non-hydrogen) atoms. The first kappa shape index (κ1) is 13.2. The highest BCUT2D eigenvalue weighted by atomic mass is 35.5. The summed E-state index contributed by atoms with van der Waals surface area (Å²) in [5, 5.41) is 0. The third-order valence-electron chi connectivity index (χ3n) is 1.94. The second-order valence-corrected chi connectivity index (χ2v) is 3.94. The summed E-state index contributed by atoms with van der Waals surface area (Å²) in [7, 11) is 0. The number of hydrogen-bond acceptors (Lipinski definition) is 3. The van der Waals surface area contributed by atoms with Gasteiger partial charge >= 0.3 is 5.97 Å². The van der Waals surface area contributed by atoms with Gasteiger partial charge in [0.2, 0.25) is 0 Å². The summed E-state index contributed by atoms with van der Waals surface area (Å²) in [5.41, 5.74) is 0.522. The average molecular weight is 219 g/mol. The van der Waals surface area contributed by atoms with Crippen molar-refractivity contribution in [3.05, 3.63) is 12.2 Å². The van der Waals surface area contributed by atoms with Gasteiger partial charge in [0.25, 0.3) is 0 Å². The lowest BCUT2D eigenvalue weighted by Gasteiger charge is -2.19. The molecule has 0 amide bonds. The van der Waals surface area contributed by atoms with Crippen LogP contribution in [0.15, 0.2) is 12.2 Å². The zero-order valence-corrected chi connectivity index (χ0v) is 9.48. The molecule has 4 heteroatoms. The third kappa shape index (κ3) is 3.50. The molecule has 0 bridgehead atoms. The van der Waals surface area contributed by atoms with Gasteiger partial charge in [0, 0.05) is 0 Å². The van der Waals surface area contributed by atoms with Crippen molar-refractivity contribution in [2.75, 3.05) is 6.61 Å². The van der Waals surface area contributed by atoms with Crippen molar-refractivity contribution in [2.24, 2.45) is 0 Å². The Morgan fingerprint density at radius 2 is 2.00 bits per heavy atom. The van der Waals surface area contributed by atoms with E-state index in [4.69, 9.17) is 11.6 Å². The van der Waals surface area contributed by atoms with E-state index in [2.05, 4.69) is 11.3 Å². The van der Waals surface area contributed by atoms with Crippen LogP contribution in [0.1, 0.15) is 27.2 Å². The van der Waals surface area contributed by atoms with Crippen molar-refractivity contribution < 1.29 is 14.3 Å². The van der Waals surface area contributed by atoms with E-state index in [9.17, 15) is 9.59 Å². The third-order valence-corrected chi connectivity index (χ3v) is 2.47. The highest BCUT2D eigenvalue weighted by molar-refractivity contribution is 6.38. The predicted molar refractivity (Wildman–Crippen MR) is 55.3 cm³/mol. The molecule has 3 nitrogen and oxygen atoms in total. The molecule has 0 heterocycles. The van der Waals surface area contributed by atoms with E-state index in [1.54, 1.807) is 13.8 Å². The zero-order chi connectivity index (χ0) is 11.4. The molecule has 0 saturated heterocycles. The number of hydrogen-bond donors (Lipinski definition) is 0. The number of carbonyl (C=O) groups is 2. The standard InChI is InChI=1S/C10H15ClO3/c1-5-14-9(13)6-8(12)10(4,11)7(2)3/h2,5-6H2,1,3-4H3. The summed E-state index contributed by atoms with van der Waals surface area (Å²) in [6.07, 6.45) is -0.305. The Kier molecular flexibility index (Phi) is 4.85. The average Bonchev–Trinajstić information content (AvgIpc) is 2.03. The Hall–Kier alpha value is -0.830. The molecule has 0 rings (SSSR count). The second kappa shape index (κ2) is 5.15. The topological polar surface area (TPSA) is 43.4 Å². The van der Waals surface area contributed by atoms with Gasteiger partial charge in [0.15, 0.2) is 5.78 Å². The van der Waals surface area contributed by atoms with Gasteiger partial charge in [0.1, 0.15) is 11.3 Å². The number of halogens is 1. The molecule has 0 aromatic heterocycles. The lowest BCUT2D eigenvalue weighted by atomic mass is 9.96. The number of rotatable bonds is 5. The summed E-state index contributed by atoms with van der Waals surface area (Å²) in [6.45, 7) is 8.72. The van der Waals surface area contributed by atoms with Crippen LogP contribution in [0.4, 0.5) is 0 Å². The first-order valence-electron chi connectivity index (χ1n) is 4.36. The lowest BCUT2D eigenvalue weighted by molar-refractivity contribution is -0.145. The quantitative estimate of drug-likeness (QED) is 0.307. The van der Waals surface area contributed by atoms with Crippen molar-refractivity contribution in [2.45, 2.75) is 32.1 Å². The van der Waals surface area contributed by atoms with Crippen LogP contribution in [-0.2, 0) is 14.3 Å². The van der Waals surface area contributed by atoms with E-state index >= 15 is 0 Å². The fourth-order valence-corrected chi connectivity index (χ4v) is 0.814. The molecule has 1 unspecified atom stereocenters. The van der Waals surface area contributed by atoms with Crippen LogP contribution in [-0.4, -0.2) is 23.2 Å². The zero-order valence-electron chi connectivity index (χ0n) is 8.72. The van der Waals surface area contributed by atoms with Crippen molar-refractivity contribution in [1.29, 1.82) is 0 Å². The molecule has 0 aromatic rings. The number of ketones is 1. The first-order chi connectivity index (χ1) is 6.32. The molecule has 0 saturated carbocycles. The number of alkyl halides is 1. The molecular weight excluding hydrogens is 204 g/mol. The SMILES string of the molecule is C=C(C)C(C)(Cl)C(=O)CC(=O)OCC. The number of Topliss-reactive ketones (excluding diaryl/α,β-unsaturated/α-hetero) is 1. The Labute approximate surface area is 89.1 Å². The van der Waals surface area contributed by atoms with E-state index in [0.29, 0.717) is 5.57 Å². The highest BCUT2D eigenvalue weighted by Gasteiger charge is 2.32. The number of ether oxygens (including phenoxy) is 1. The van der Waals surface area contributed by atoms with Gasteiger partial charge in [-0.05, 0) is 20.8 Å². The van der Waals surface area contributed by atoms with Crippen molar-refractivity contribution in [3.8, 4) is 0 Å². The van der Waals surface area contributed by atoms with Gasteiger partial charge < -0.3 is 4.74 Å².